The molecule has 4 fully saturated rings. The number of benzene rings is 2. The molecule has 4 aliphatic rings. The number of rotatable bonds is 7. The Kier molecular flexibility index (Phi) is 15.6. The van der Waals surface area contributed by atoms with Crippen molar-refractivity contribution in [1.82, 2.24) is 15.3 Å². The van der Waals surface area contributed by atoms with E-state index in [4.69, 9.17) is 33.1 Å². The number of nitrogens with one attached hydrogen (secondary N) is 1. The first kappa shape index (κ1) is 44.2. The van der Waals surface area contributed by atoms with E-state index in [1.165, 1.54) is 21.9 Å². The maximum Gasteiger partial charge on any atom is 0.414 e. The molecule has 4 aliphatic heterocycles. The fraction of sp³-hybridized carbons (Fsp3) is 0.514. The molecule has 0 bridgehead atoms. The van der Waals surface area contributed by atoms with E-state index in [0.717, 1.165) is 0 Å². The van der Waals surface area contributed by atoms with Crippen LogP contribution in [-0.2, 0) is 14.2 Å². The van der Waals surface area contributed by atoms with Crippen LogP contribution in [0.1, 0.15) is 20.8 Å². The van der Waals surface area contributed by atoms with Crippen LogP contribution in [0.2, 0.25) is 0 Å². The third kappa shape index (κ3) is 11.4. The van der Waals surface area contributed by atoms with Gasteiger partial charge in [0.25, 0.3) is 0 Å². The smallest absolute Gasteiger partial charge is 0.414 e. The summed E-state index contributed by atoms with van der Waals surface area (Å²) in [6.45, 7) is 24.7. The second kappa shape index (κ2) is 19.4. The Bertz CT molecular complexity index is 1740. The highest BCUT2D eigenvalue weighted by atomic mass is 35.5. The molecule has 0 aromatic heterocycles. The summed E-state index contributed by atoms with van der Waals surface area (Å²) >= 11 is 0. The molecule has 4 heterocycles. The number of alkyl carbamates (subject to hydrolysis) is 1. The topological polar surface area (TPSA) is 145 Å². The molecule has 55 heavy (non-hydrogen) atoms. The Balaban J connectivity index is 0.000000294. The van der Waals surface area contributed by atoms with Gasteiger partial charge in [0.05, 0.1) is 42.4 Å². The Morgan fingerprint density at radius 2 is 1.22 bits per heavy atom. The van der Waals surface area contributed by atoms with Crippen LogP contribution >= 0.6 is 24.8 Å². The summed E-state index contributed by atoms with van der Waals surface area (Å²) in [5.41, 5.74) is 6.67. The number of hydrogen-bond donors (Lipinski definition) is 2. The first-order valence-corrected chi connectivity index (χ1v) is 17.3. The molecule has 6 rings (SSSR count). The molecule has 0 unspecified atom stereocenters. The minimum atomic E-state index is -0.621. The zero-order chi connectivity index (χ0) is 38.3. The van der Waals surface area contributed by atoms with E-state index in [0.29, 0.717) is 81.7 Å². The molecule has 2 atom stereocenters. The number of halogens is 4. The standard InChI is InChI=1S/C20H26FN5O4.C15H18FN5O2.2ClH/c1-20(2,3)30-18(27)23-12-15-13-26(19(28)29-15)14-5-6-17(16(21)11-14)24-7-9-25(22-4)10-8-24;1-18-20-6-4-19(5-7-20)14-3-2-11(8-13(14)16)21-10-12(9-17)23-15(21)22;;/h5-6,11,15H,7-10,12-13H2,1-3H3,(H,23,27);2-3,8,12H,4-7,9-10,17H2;2*1H/t15-;12-;;/m00../s1. The fourth-order valence-electron chi connectivity index (χ4n) is 6.12. The molecule has 20 heteroatoms. The van der Waals surface area contributed by atoms with E-state index in [1.807, 2.05) is 9.80 Å². The molecule has 4 saturated heterocycles. The van der Waals surface area contributed by atoms with Crippen LogP contribution in [0.25, 0.3) is 9.91 Å². The van der Waals surface area contributed by atoms with Crippen molar-refractivity contribution in [3.05, 3.63) is 71.1 Å². The molecular formula is C35H46Cl2F2N10O6. The lowest BCUT2D eigenvalue weighted by Gasteiger charge is -2.31. The molecule has 3 amide bonds. The van der Waals surface area contributed by atoms with Crippen LogP contribution in [-0.4, -0.2) is 125 Å². The van der Waals surface area contributed by atoms with Gasteiger partial charge in [0.15, 0.2) is 0 Å². The van der Waals surface area contributed by atoms with E-state index in [-0.39, 0.29) is 56.4 Å². The number of nitrogens with zero attached hydrogens (tertiary/aromatic N) is 8. The van der Waals surface area contributed by atoms with Crippen molar-refractivity contribution in [3.63, 3.8) is 0 Å². The lowest BCUT2D eigenvalue weighted by atomic mass is 10.2. The van der Waals surface area contributed by atoms with Crippen molar-refractivity contribution < 1.29 is 37.4 Å². The molecule has 300 valence electrons. The van der Waals surface area contributed by atoms with Crippen LogP contribution in [0.4, 0.5) is 45.9 Å². The van der Waals surface area contributed by atoms with E-state index in [2.05, 4.69) is 15.2 Å². The second-order valence-electron chi connectivity index (χ2n) is 13.7. The zero-order valence-electron chi connectivity index (χ0n) is 30.8. The Morgan fingerprint density at radius 3 is 1.58 bits per heavy atom. The highest BCUT2D eigenvalue weighted by Crippen LogP contribution is 2.30. The van der Waals surface area contributed by atoms with E-state index in [1.54, 1.807) is 55.1 Å². The van der Waals surface area contributed by atoms with Crippen molar-refractivity contribution in [2.24, 2.45) is 5.73 Å². The van der Waals surface area contributed by atoms with Crippen molar-refractivity contribution in [3.8, 4) is 0 Å². The summed E-state index contributed by atoms with van der Waals surface area (Å²) < 4.78 is 44.7. The Labute approximate surface area is 331 Å². The predicted molar refractivity (Wildman–Crippen MR) is 207 cm³/mol. The van der Waals surface area contributed by atoms with Crippen LogP contribution in [0, 0.1) is 24.8 Å². The molecular weight excluding hydrogens is 765 g/mol. The van der Waals surface area contributed by atoms with Crippen LogP contribution < -0.4 is 30.7 Å². The maximum atomic E-state index is 14.7. The summed E-state index contributed by atoms with van der Waals surface area (Å²) in [4.78, 5) is 49.1. The predicted octanol–water partition coefficient (Wildman–Crippen LogP) is 4.54. The lowest BCUT2D eigenvalue weighted by molar-refractivity contribution is 0.0496. The molecule has 0 saturated carbocycles. The molecule has 2 aromatic rings. The van der Waals surface area contributed by atoms with Gasteiger partial charge in [-0.2, -0.15) is 23.1 Å². The number of carbonyl (C=O) groups excluding carboxylic acids is 3. The third-order valence-corrected chi connectivity index (χ3v) is 8.85. The molecule has 0 spiro atoms. The average Bonchev–Trinajstić information content (AvgIpc) is 3.71. The van der Waals surface area contributed by atoms with Gasteiger partial charge < -0.3 is 35.1 Å². The molecule has 0 aliphatic carbocycles. The van der Waals surface area contributed by atoms with Crippen LogP contribution in [0.5, 0.6) is 0 Å². The van der Waals surface area contributed by atoms with Crippen molar-refractivity contribution in [2.45, 2.75) is 38.6 Å². The molecule has 2 aromatic carbocycles. The number of carbonyl (C=O) groups is 3. The highest BCUT2D eigenvalue weighted by molar-refractivity contribution is 5.91. The third-order valence-electron chi connectivity index (χ3n) is 8.85. The minimum Gasteiger partial charge on any atom is -0.444 e. The fourth-order valence-corrected chi connectivity index (χ4v) is 6.12. The van der Waals surface area contributed by atoms with Gasteiger partial charge >= 0.3 is 18.3 Å². The number of piperazine rings is 2. The number of cyclic esters (lactones) is 2. The summed E-state index contributed by atoms with van der Waals surface area (Å²) in [5.74, 6) is -0.824. The minimum absolute atomic E-state index is 0. The van der Waals surface area contributed by atoms with Crippen molar-refractivity contribution >= 4 is 65.8 Å². The lowest BCUT2D eigenvalue weighted by Crippen LogP contribution is -2.43. The molecule has 3 N–H and O–H groups in total. The number of anilines is 4. The van der Waals surface area contributed by atoms with Gasteiger partial charge in [-0.15, -0.1) is 34.8 Å². The monoisotopic (exact) mass is 810 g/mol. The first-order valence-electron chi connectivity index (χ1n) is 17.3. The number of nitrogens with two attached hydrogens (primary N) is 1. The Hall–Kier alpha value is -5.17. The first-order chi connectivity index (χ1) is 25.3. The van der Waals surface area contributed by atoms with Crippen molar-refractivity contribution in [2.75, 3.05) is 98.1 Å². The Morgan fingerprint density at radius 1 is 0.800 bits per heavy atom. The summed E-state index contributed by atoms with van der Waals surface area (Å²) in [6, 6.07) is 9.33. The van der Waals surface area contributed by atoms with Gasteiger partial charge in [-0.25, -0.2) is 23.2 Å². The second-order valence-corrected chi connectivity index (χ2v) is 13.7. The average molecular weight is 812 g/mol. The van der Waals surface area contributed by atoms with Gasteiger partial charge in [0.1, 0.15) is 55.6 Å². The van der Waals surface area contributed by atoms with E-state index < -0.39 is 35.8 Å². The zero-order valence-corrected chi connectivity index (χ0v) is 32.4. The summed E-state index contributed by atoms with van der Waals surface area (Å²) in [7, 11) is 0. The highest BCUT2D eigenvalue weighted by Gasteiger charge is 2.34. The van der Waals surface area contributed by atoms with E-state index >= 15 is 0 Å². The normalized spacial score (nSPS) is 19.5. The van der Waals surface area contributed by atoms with Gasteiger partial charge in [-0.05, 0) is 57.2 Å². The van der Waals surface area contributed by atoms with Gasteiger partial charge in [0, 0.05) is 32.7 Å². The molecule has 16 nitrogen and oxygen atoms in total. The van der Waals surface area contributed by atoms with Gasteiger partial charge in [-0.3, -0.25) is 9.80 Å². The van der Waals surface area contributed by atoms with Gasteiger partial charge in [0.2, 0.25) is 0 Å². The number of hydrogen-bond acceptors (Lipinski definition) is 11. The quantitative estimate of drug-likeness (QED) is 0.301. The van der Waals surface area contributed by atoms with Crippen LogP contribution in [0.15, 0.2) is 36.4 Å². The SMILES string of the molecule is Cl.Cl.[C-]#[N+]N1CCN(c2ccc(N3C[C@H](CN)OC3=O)cc2F)CC1.[C-]#[N+]N1CCN(c2ccc(N3C[C@H](CNC(=O)OC(C)(C)C)OC3=O)cc2F)CC1. The number of ether oxygens (including phenoxy) is 3. The summed E-state index contributed by atoms with van der Waals surface area (Å²) in [6.07, 6.45) is -2.60. The van der Waals surface area contributed by atoms with Crippen LogP contribution in [0.3, 0.4) is 0 Å². The summed E-state index contributed by atoms with van der Waals surface area (Å²) in [5, 5.41) is 5.83. The van der Waals surface area contributed by atoms with E-state index in [9.17, 15) is 23.2 Å². The molecule has 0 radical (unpaired) electrons. The van der Waals surface area contributed by atoms with Gasteiger partial charge in [-0.1, -0.05) is 0 Å². The van der Waals surface area contributed by atoms with Crippen molar-refractivity contribution in [1.29, 1.82) is 0 Å². The largest absolute Gasteiger partial charge is 0.444 e. The number of amides is 3. The maximum absolute atomic E-state index is 14.7.